The number of fused-ring (bicyclic) bond motifs is 1. The Bertz CT molecular complexity index is 1080. The minimum absolute atomic E-state index is 0.119. The minimum atomic E-state index is -0.607. The molecular formula is C26H29FN2O5. The molecule has 3 fully saturated rings. The topological polar surface area (TPSA) is 60.5 Å². The van der Waals surface area contributed by atoms with E-state index >= 15 is 4.39 Å². The van der Waals surface area contributed by atoms with Crippen LogP contribution in [0.5, 0.6) is 5.75 Å². The molecular weight excluding hydrogens is 439 g/mol. The number of anilines is 2. The van der Waals surface area contributed by atoms with E-state index in [9.17, 15) is 4.79 Å². The predicted octanol–water partition coefficient (Wildman–Crippen LogP) is 3.54. The van der Waals surface area contributed by atoms with Crippen molar-refractivity contribution in [2.24, 2.45) is 0 Å². The number of ether oxygens (including phenoxy) is 4. The van der Waals surface area contributed by atoms with E-state index in [0.717, 1.165) is 37.2 Å². The minimum Gasteiger partial charge on any atom is -0.491 e. The van der Waals surface area contributed by atoms with Crippen molar-refractivity contribution >= 4 is 17.3 Å². The molecule has 180 valence electrons. The van der Waals surface area contributed by atoms with Gasteiger partial charge in [-0.15, -0.1) is 0 Å². The molecule has 4 aliphatic rings. The van der Waals surface area contributed by atoms with Crippen LogP contribution in [0.3, 0.4) is 0 Å². The average Bonchev–Trinajstić information content (AvgIpc) is 3.62. The van der Waals surface area contributed by atoms with Gasteiger partial charge in [-0.1, -0.05) is 0 Å². The van der Waals surface area contributed by atoms with Gasteiger partial charge >= 0.3 is 0 Å². The monoisotopic (exact) mass is 468 g/mol. The standard InChI is InChI=1S/C26H29FN2O5/c27-23-15-19(3-6-24(23)28-10-8-26(17-28)33-12-13-34-26)29-9-7-18-14-20(4-5-22(18)25(29)30)32-16-21-2-1-11-31-21/h3-6,14-15,21H,1-2,7-13,16-17H2. The number of halogens is 1. The Morgan fingerprint density at radius 3 is 2.76 bits per heavy atom. The number of amides is 1. The van der Waals surface area contributed by atoms with Crippen LogP contribution < -0.4 is 14.5 Å². The summed E-state index contributed by atoms with van der Waals surface area (Å²) in [7, 11) is 0. The molecule has 1 spiro atoms. The quantitative estimate of drug-likeness (QED) is 0.669. The molecule has 1 unspecified atom stereocenters. The summed E-state index contributed by atoms with van der Waals surface area (Å²) in [5.74, 6) is -0.315. The normalized spacial score (nSPS) is 23.7. The highest BCUT2D eigenvalue weighted by molar-refractivity contribution is 6.08. The Morgan fingerprint density at radius 2 is 1.97 bits per heavy atom. The molecule has 0 bridgehead atoms. The molecule has 6 rings (SSSR count). The summed E-state index contributed by atoms with van der Waals surface area (Å²) in [4.78, 5) is 16.8. The number of nitrogens with zero attached hydrogens (tertiary/aromatic N) is 2. The lowest BCUT2D eigenvalue weighted by atomic mass is 9.98. The highest BCUT2D eigenvalue weighted by atomic mass is 19.1. The molecule has 0 aliphatic carbocycles. The summed E-state index contributed by atoms with van der Waals surface area (Å²) >= 11 is 0. The summed E-state index contributed by atoms with van der Waals surface area (Å²) in [5, 5.41) is 0. The molecule has 0 saturated carbocycles. The first-order valence-electron chi connectivity index (χ1n) is 12.1. The number of hydrogen-bond acceptors (Lipinski definition) is 6. The maximum Gasteiger partial charge on any atom is 0.258 e. The first-order valence-corrected chi connectivity index (χ1v) is 12.1. The Labute approximate surface area is 198 Å². The fourth-order valence-electron chi connectivity index (χ4n) is 5.38. The van der Waals surface area contributed by atoms with Gasteiger partial charge in [0.15, 0.2) is 5.79 Å². The van der Waals surface area contributed by atoms with Crippen LogP contribution in [0.2, 0.25) is 0 Å². The van der Waals surface area contributed by atoms with E-state index in [-0.39, 0.29) is 17.8 Å². The van der Waals surface area contributed by atoms with Gasteiger partial charge in [0.25, 0.3) is 5.91 Å². The fourth-order valence-corrected chi connectivity index (χ4v) is 5.38. The number of rotatable bonds is 5. The highest BCUT2D eigenvalue weighted by Crippen LogP contribution is 2.36. The van der Waals surface area contributed by atoms with Crippen LogP contribution in [-0.4, -0.2) is 63.9 Å². The third-order valence-electron chi connectivity index (χ3n) is 7.21. The number of carbonyl (C=O) groups excluding carboxylic acids is 1. The van der Waals surface area contributed by atoms with Crippen molar-refractivity contribution in [1.29, 1.82) is 0 Å². The van der Waals surface area contributed by atoms with Crippen LogP contribution in [0.4, 0.5) is 15.8 Å². The second-order valence-corrected chi connectivity index (χ2v) is 9.39. The van der Waals surface area contributed by atoms with Crippen molar-refractivity contribution in [3.05, 3.63) is 53.3 Å². The van der Waals surface area contributed by atoms with Crippen molar-refractivity contribution in [1.82, 2.24) is 0 Å². The van der Waals surface area contributed by atoms with E-state index in [1.807, 2.05) is 29.2 Å². The zero-order valence-electron chi connectivity index (χ0n) is 19.1. The van der Waals surface area contributed by atoms with Crippen molar-refractivity contribution < 1.29 is 28.1 Å². The van der Waals surface area contributed by atoms with Gasteiger partial charge in [0.1, 0.15) is 18.2 Å². The molecule has 4 heterocycles. The van der Waals surface area contributed by atoms with Crippen LogP contribution in [-0.2, 0) is 20.6 Å². The van der Waals surface area contributed by atoms with E-state index < -0.39 is 5.79 Å². The smallest absolute Gasteiger partial charge is 0.258 e. The van der Waals surface area contributed by atoms with E-state index in [1.165, 1.54) is 6.07 Å². The Morgan fingerprint density at radius 1 is 1.09 bits per heavy atom. The highest BCUT2D eigenvalue weighted by Gasteiger charge is 2.44. The number of carbonyl (C=O) groups is 1. The molecule has 2 aromatic carbocycles. The molecule has 0 N–H and O–H groups in total. The molecule has 0 aromatic heterocycles. The molecule has 3 saturated heterocycles. The van der Waals surface area contributed by atoms with E-state index in [4.69, 9.17) is 18.9 Å². The number of benzene rings is 2. The van der Waals surface area contributed by atoms with Gasteiger partial charge in [0.2, 0.25) is 0 Å². The molecule has 8 heteroatoms. The van der Waals surface area contributed by atoms with Gasteiger partial charge in [0, 0.05) is 37.4 Å². The molecule has 1 atom stereocenters. The lowest BCUT2D eigenvalue weighted by molar-refractivity contribution is -0.137. The van der Waals surface area contributed by atoms with Crippen molar-refractivity contribution in [2.45, 2.75) is 37.6 Å². The Balaban J connectivity index is 1.15. The average molecular weight is 469 g/mol. The lowest BCUT2D eigenvalue weighted by Gasteiger charge is -2.30. The number of hydrogen-bond donors (Lipinski definition) is 0. The first kappa shape index (κ1) is 21.8. The van der Waals surface area contributed by atoms with Gasteiger partial charge < -0.3 is 28.7 Å². The molecule has 2 aromatic rings. The van der Waals surface area contributed by atoms with Crippen molar-refractivity contribution in [3.8, 4) is 5.75 Å². The second kappa shape index (κ2) is 8.83. The molecule has 4 aliphatic heterocycles. The first-order chi connectivity index (χ1) is 16.6. The van der Waals surface area contributed by atoms with E-state index in [1.54, 1.807) is 11.0 Å². The SMILES string of the molecule is O=C1c2ccc(OCC3CCCO3)cc2CCN1c1ccc(N2CCC3(C2)OCCO3)c(F)c1. The summed E-state index contributed by atoms with van der Waals surface area (Å²) < 4.78 is 38.1. The maximum absolute atomic E-state index is 15.1. The van der Waals surface area contributed by atoms with Crippen LogP contribution in [0.25, 0.3) is 0 Å². The maximum atomic E-state index is 15.1. The molecule has 0 radical (unpaired) electrons. The van der Waals surface area contributed by atoms with Crippen molar-refractivity contribution in [3.63, 3.8) is 0 Å². The van der Waals surface area contributed by atoms with Crippen LogP contribution in [0.15, 0.2) is 36.4 Å². The summed E-state index contributed by atoms with van der Waals surface area (Å²) in [6.07, 6.45) is 3.65. The van der Waals surface area contributed by atoms with Crippen molar-refractivity contribution in [2.75, 3.05) is 55.9 Å². The molecule has 1 amide bonds. The van der Waals surface area contributed by atoms with Gasteiger partial charge in [-0.2, -0.15) is 0 Å². The van der Waals surface area contributed by atoms with Gasteiger partial charge in [0.05, 0.1) is 31.5 Å². The Kier molecular flexibility index (Phi) is 5.67. The summed E-state index contributed by atoms with van der Waals surface area (Å²) in [5.41, 5.74) is 2.68. The second-order valence-electron chi connectivity index (χ2n) is 9.39. The van der Waals surface area contributed by atoms with Gasteiger partial charge in [-0.25, -0.2) is 4.39 Å². The Hall–Kier alpha value is -2.68. The summed E-state index contributed by atoms with van der Waals surface area (Å²) in [6, 6.07) is 10.6. The molecule has 34 heavy (non-hydrogen) atoms. The third-order valence-corrected chi connectivity index (χ3v) is 7.21. The largest absolute Gasteiger partial charge is 0.491 e. The van der Waals surface area contributed by atoms with Crippen LogP contribution >= 0.6 is 0 Å². The molecule has 7 nitrogen and oxygen atoms in total. The zero-order chi connectivity index (χ0) is 23.1. The van der Waals surface area contributed by atoms with Gasteiger partial charge in [-0.3, -0.25) is 4.79 Å². The van der Waals surface area contributed by atoms with Gasteiger partial charge in [-0.05, 0) is 61.2 Å². The fraction of sp³-hybridized carbons (Fsp3) is 0.500. The zero-order valence-corrected chi connectivity index (χ0v) is 19.1. The van der Waals surface area contributed by atoms with E-state index in [2.05, 4.69) is 0 Å². The van der Waals surface area contributed by atoms with Crippen LogP contribution in [0.1, 0.15) is 35.2 Å². The predicted molar refractivity (Wildman–Crippen MR) is 124 cm³/mol. The van der Waals surface area contributed by atoms with Crippen LogP contribution in [0, 0.1) is 5.82 Å². The van der Waals surface area contributed by atoms with E-state index in [0.29, 0.717) is 62.8 Å². The summed E-state index contributed by atoms with van der Waals surface area (Å²) in [6.45, 7) is 4.16. The lowest BCUT2D eigenvalue weighted by Crippen LogP contribution is -2.38. The third kappa shape index (κ3) is 4.04.